The van der Waals surface area contributed by atoms with Crippen LogP contribution in [0.3, 0.4) is 0 Å². The van der Waals surface area contributed by atoms with Crippen molar-refractivity contribution in [1.29, 1.82) is 0 Å². The van der Waals surface area contributed by atoms with Gasteiger partial charge in [-0.05, 0) is 37.5 Å². The van der Waals surface area contributed by atoms with Crippen LogP contribution in [0.15, 0.2) is 23.4 Å². The van der Waals surface area contributed by atoms with Crippen LogP contribution in [0, 0.1) is 12.3 Å². The Bertz CT molecular complexity index is 459. The molecule has 4 nitrogen and oxygen atoms in total. The van der Waals surface area contributed by atoms with Crippen molar-refractivity contribution in [2.45, 2.75) is 33.6 Å². The molecule has 19 heavy (non-hydrogen) atoms. The van der Waals surface area contributed by atoms with Gasteiger partial charge in [0.25, 0.3) is 0 Å². The summed E-state index contributed by atoms with van der Waals surface area (Å²) in [7, 11) is 0. The highest BCUT2D eigenvalue weighted by molar-refractivity contribution is 6.32. The maximum absolute atomic E-state index is 8.69. The molecule has 0 saturated carbocycles. The molecule has 0 fully saturated rings. The monoisotopic (exact) mass is 284 g/mol. The van der Waals surface area contributed by atoms with Gasteiger partial charge in [-0.2, -0.15) is 0 Å². The summed E-state index contributed by atoms with van der Waals surface area (Å²) in [5.74, 6) is 0.935. The molecule has 0 radical (unpaired) electrons. The summed E-state index contributed by atoms with van der Waals surface area (Å²) in [5.41, 5.74) is 6.40. The number of rotatable bonds is 6. The van der Waals surface area contributed by atoms with Gasteiger partial charge in [0.2, 0.25) is 0 Å². The molecule has 5 heteroatoms. The number of amidine groups is 1. The smallest absolute Gasteiger partial charge is 0.144 e. The van der Waals surface area contributed by atoms with Crippen LogP contribution in [0.2, 0.25) is 5.02 Å². The van der Waals surface area contributed by atoms with Crippen molar-refractivity contribution in [2.24, 2.45) is 16.3 Å². The zero-order valence-corrected chi connectivity index (χ0v) is 12.4. The van der Waals surface area contributed by atoms with Crippen LogP contribution >= 0.6 is 11.6 Å². The fraction of sp³-hybridized carbons (Fsp3) is 0.500. The van der Waals surface area contributed by atoms with Crippen molar-refractivity contribution in [3.05, 3.63) is 28.8 Å². The molecule has 0 aliphatic heterocycles. The summed E-state index contributed by atoms with van der Waals surface area (Å²) in [4.78, 5) is 0. The number of ether oxygens (including phenoxy) is 1. The molecule has 0 aromatic heterocycles. The molecule has 0 atom stereocenters. The Hall–Kier alpha value is -1.42. The van der Waals surface area contributed by atoms with Crippen molar-refractivity contribution in [3.8, 4) is 5.75 Å². The lowest BCUT2D eigenvalue weighted by molar-refractivity contribution is 0.277. The number of benzene rings is 1. The average Bonchev–Trinajstić information content (AvgIpc) is 2.37. The Kier molecular flexibility index (Phi) is 5.48. The summed E-state index contributed by atoms with van der Waals surface area (Å²) in [6.07, 6.45) is 1.57. The van der Waals surface area contributed by atoms with Crippen LogP contribution < -0.4 is 10.5 Å². The van der Waals surface area contributed by atoms with Crippen LogP contribution in [0.4, 0.5) is 0 Å². The number of hydrogen-bond acceptors (Lipinski definition) is 3. The molecule has 0 unspecified atom stereocenters. The predicted octanol–water partition coefficient (Wildman–Crippen LogP) is 3.58. The summed E-state index contributed by atoms with van der Waals surface area (Å²) in [5, 5.41) is 12.4. The van der Waals surface area contributed by atoms with Gasteiger partial charge >= 0.3 is 0 Å². The summed E-state index contributed by atoms with van der Waals surface area (Å²) in [6.45, 7) is 6.40. The Balaban J connectivity index is 2.45. The minimum absolute atomic E-state index is 0.237. The van der Waals surface area contributed by atoms with E-state index < -0.39 is 0 Å². The van der Waals surface area contributed by atoms with Gasteiger partial charge in [0.1, 0.15) is 11.6 Å². The number of oxime groups is 1. The predicted molar refractivity (Wildman–Crippen MR) is 78.1 cm³/mol. The molecule has 0 spiro atoms. The van der Waals surface area contributed by atoms with Gasteiger partial charge in [-0.25, -0.2) is 0 Å². The third-order valence-electron chi connectivity index (χ3n) is 3.09. The van der Waals surface area contributed by atoms with E-state index >= 15 is 0 Å². The molecular weight excluding hydrogens is 264 g/mol. The number of nitrogens with two attached hydrogens (primary N) is 1. The van der Waals surface area contributed by atoms with E-state index in [1.807, 2.05) is 39.0 Å². The van der Waals surface area contributed by atoms with E-state index in [0.717, 1.165) is 18.4 Å². The van der Waals surface area contributed by atoms with Crippen LogP contribution in [-0.2, 0) is 0 Å². The molecule has 0 aliphatic rings. The number of nitrogens with zero attached hydrogens (tertiary/aromatic N) is 1. The van der Waals surface area contributed by atoms with Gasteiger partial charge in [0.05, 0.1) is 11.6 Å². The average molecular weight is 285 g/mol. The van der Waals surface area contributed by atoms with Crippen molar-refractivity contribution >= 4 is 17.4 Å². The first-order valence-corrected chi connectivity index (χ1v) is 6.61. The topological polar surface area (TPSA) is 67.8 Å². The molecular formula is C14H21ClN2O2. The third kappa shape index (κ3) is 4.63. The molecule has 106 valence electrons. The second-order valence-electron chi connectivity index (χ2n) is 5.26. The first-order chi connectivity index (χ1) is 8.86. The summed E-state index contributed by atoms with van der Waals surface area (Å²) in [6, 6.07) is 5.68. The van der Waals surface area contributed by atoms with E-state index in [2.05, 4.69) is 5.16 Å². The van der Waals surface area contributed by atoms with Crippen LogP contribution in [0.1, 0.15) is 32.3 Å². The second kappa shape index (κ2) is 6.66. The van der Waals surface area contributed by atoms with Gasteiger partial charge in [-0.3, -0.25) is 0 Å². The standard InChI is InChI=1S/C14H21ClN2O2/c1-10-5-6-11(15)12(9-10)19-8-4-7-14(2,3)13(16)17-18/h5-6,9,18H,4,7-8H2,1-3H3,(H2,16,17). The molecule has 0 aliphatic carbocycles. The summed E-state index contributed by atoms with van der Waals surface area (Å²) < 4.78 is 5.65. The number of hydrogen-bond donors (Lipinski definition) is 2. The summed E-state index contributed by atoms with van der Waals surface area (Å²) >= 11 is 6.04. The Morgan fingerprint density at radius 2 is 2.16 bits per heavy atom. The van der Waals surface area contributed by atoms with Gasteiger partial charge in [-0.15, -0.1) is 0 Å². The highest BCUT2D eigenvalue weighted by atomic mass is 35.5. The minimum Gasteiger partial charge on any atom is -0.492 e. The maximum atomic E-state index is 8.69. The molecule has 0 bridgehead atoms. The Labute approximate surface area is 119 Å². The van der Waals surface area contributed by atoms with Gasteiger partial charge in [0.15, 0.2) is 0 Å². The molecule has 1 aromatic carbocycles. The quantitative estimate of drug-likeness (QED) is 0.276. The lowest BCUT2D eigenvalue weighted by Gasteiger charge is -2.22. The van der Waals surface area contributed by atoms with Crippen molar-refractivity contribution in [2.75, 3.05) is 6.61 Å². The number of aryl methyl sites for hydroxylation is 1. The number of halogens is 1. The second-order valence-corrected chi connectivity index (χ2v) is 5.66. The lowest BCUT2D eigenvalue weighted by atomic mass is 9.87. The van der Waals surface area contributed by atoms with Gasteiger partial charge < -0.3 is 15.7 Å². The SMILES string of the molecule is Cc1ccc(Cl)c(OCCCC(C)(C)C(N)=NO)c1. The fourth-order valence-corrected chi connectivity index (χ4v) is 1.85. The lowest BCUT2D eigenvalue weighted by Crippen LogP contribution is -2.32. The first-order valence-electron chi connectivity index (χ1n) is 6.24. The normalized spacial score (nSPS) is 12.5. The highest BCUT2D eigenvalue weighted by Gasteiger charge is 2.22. The van der Waals surface area contributed by atoms with Crippen molar-refractivity contribution < 1.29 is 9.94 Å². The minimum atomic E-state index is -0.339. The van der Waals surface area contributed by atoms with E-state index in [0.29, 0.717) is 17.4 Å². The first kappa shape index (κ1) is 15.6. The Morgan fingerprint density at radius 1 is 1.47 bits per heavy atom. The maximum Gasteiger partial charge on any atom is 0.144 e. The molecule has 0 heterocycles. The van der Waals surface area contributed by atoms with E-state index in [4.69, 9.17) is 27.3 Å². The molecule has 1 aromatic rings. The largest absolute Gasteiger partial charge is 0.492 e. The van der Waals surface area contributed by atoms with Gasteiger partial charge in [0, 0.05) is 5.41 Å². The van der Waals surface area contributed by atoms with Gasteiger partial charge in [-0.1, -0.05) is 36.7 Å². The van der Waals surface area contributed by atoms with E-state index in [9.17, 15) is 0 Å². The zero-order chi connectivity index (χ0) is 14.5. The van der Waals surface area contributed by atoms with Crippen LogP contribution in [-0.4, -0.2) is 17.6 Å². The van der Waals surface area contributed by atoms with Crippen LogP contribution in [0.5, 0.6) is 5.75 Å². The van der Waals surface area contributed by atoms with Crippen molar-refractivity contribution in [1.82, 2.24) is 0 Å². The third-order valence-corrected chi connectivity index (χ3v) is 3.40. The van der Waals surface area contributed by atoms with Crippen molar-refractivity contribution in [3.63, 3.8) is 0 Å². The fourth-order valence-electron chi connectivity index (χ4n) is 1.68. The molecule has 0 amide bonds. The Morgan fingerprint density at radius 3 is 2.79 bits per heavy atom. The zero-order valence-electron chi connectivity index (χ0n) is 11.6. The molecule has 3 N–H and O–H groups in total. The molecule has 0 saturated heterocycles. The van der Waals surface area contributed by atoms with E-state index in [-0.39, 0.29) is 11.3 Å². The van der Waals surface area contributed by atoms with Crippen LogP contribution in [0.25, 0.3) is 0 Å². The van der Waals surface area contributed by atoms with E-state index in [1.165, 1.54) is 0 Å². The van der Waals surface area contributed by atoms with E-state index in [1.54, 1.807) is 0 Å². The highest BCUT2D eigenvalue weighted by Crippen LogP contribution is 2.26. The molecule has 1 rings (SSSR count).